The number of aryl methyl sites for hydroxylation is 1. The lowest BCUT2D eigenvalue weighted by Crippen LogP contribution is -2.44. The van der Waals surface area contributed by atoms with Crippen molar-refractivity contribution in [3.05, 3.63) is 65.2 Å². The van der Waals surface area contributed by atoms with E-state index in [9.17, 15) is 13.2 Å². The minimum atomic E-state index is -3.72. The Kier molecular flexibility index (Phi) is 6.25. The zero-order valence-electron chi connectivity index (χ0n) is 17.5. The van der Waals surface area contributed by atoms with E-state index in [-0.39, 0.29) is 17.3 Å². The summed E-state index contributed by atoms with van der Waals surface area (Å²) in [6, 6.07) is 14.4. The van der Waals surface area contributed by atoms with E-state index in [4.69, 9.17) is 0 Å². The van der Waals surface area contributed by atoms with Crippen LogP contribution in [0.5, 0.6) is 0 Å². The van der Waals surface area contributed by atoms with Gasteiger partial charge in [0.15, 0.2) is 0 Å². The first kappa shape index (κ1) is 21.1. The Hall–Kier alpha value is -2.18. The third-order valence-corrected chi connectivity index (χ3v) is 8.16. The highest BCUT2D eigenvalue weighted by Gasteiger charge is 2.33. The lowest BCUT2D eigenvalue weighted by atomic mass is 9.75. The van der Waals surface area contributed by atoms with Gasteiger partial charge >= 0.3 is 0 Å². The van der Waals surface area contributed by atoms with Crippen LogP contribution in [0.25, 0.3) is 0 Å². The number of sulfonamides is 1. The average molecular weight is 427 g/mol. The van der Waals surface area contributed by atoms with Crippen LogP contribution in [0.4, 0.5) is 0 Å². The van der Waals surface area contributed by atoms with Crippen molar-refractivity contribution in [1.82, 2.24) is 9.62 Å². The van der Waals surface area contributed by atoms with E-state index in [1.165, 1.54) is 31.7 Å². The average Bonchev–Trinajstić information content (AvgIpc) is 2.78. The number of hydrogen-bond acceptors (Lipinski definition) is 3. The summed E-state index contributed by atoms with van der Waals surface area (Å²) in [4.78, 5) is 15.3. The molecule has 1 heterocycles. The summed E-state index contributed by atoms with van der Waals surface area (Å²) in [5, 5.41) is 0. The summed E-state index contributed by atoms with van der Waals surface area (Å²) >= 11 is 0. The van der Waals surface area contributed by atoms with Crippen molar-refractivity contribution in [3.63, 3.8) is 0 Å². The van der Waals surface area contributed by atoms with E-state index in [1.807, 2.05) is 35.2 Å². The van der Waals surface area contributed by atoms with Gasteiger partial charge in [0.1, 0.15) is 0 Å². The van der Waals surface area contributed by atoms with Gasteiger partial charge < -0.3 is 4.90 Å². The highest BCUT2D eigenvalue weighted by molar-refractivity contribution is 7.89. The third-order valence-electron chi connectivity index (χ3n) is 6.61. The molecule has 1 amide bonds. The van der Waals surface area contributed by atoms with E-state index in [2.05, 4.69) is 4.72 Å². The van der Waals surface area contributed by atoms with E-state index < -0.39 is 10.0 Å². The zero-order valence-corrected chi connectivity index (χ0v) is 18.3. The molecule has 5 nitrogen and oxygen atoms in total. The molecule has 0 radical (unpaired) electrons. The van der Waals surface area contributed by atoms with Gasteiger partial charge in [0, 0.05) is 25.2 Å². The number of nitrogens with zero attached hydrogens (tertiary/aromatic N) is 1. The molecule has 1 saturated heterocycles. The molecule has 0 unspecified atom stereocenters. The molecule has 0 spiro atoms. The van der Waals surface area contributed by atoms with Gasteiger partial charge in [-0.1, -0.05) is 55.7 Å². The highest BCUT2D eigenvalue weighted by Crippen LogP contribution is 2.36. The van der Waals surface area contributed by atoms with Gasteiger partial charge in [0.25, 0.3) is 5.91 Å². The van der Waals surface area contributed by atoms with E-state index in [0.717, 1.165) is 31.0 Å². The summed E-state index contributed by atoms with van der Waals surface area (Å²) < 4.78 is 28.5. The zero-order chi connectivity index (χ0) is 21.1. The number of likely N-dealkylation sites (tertiary alicyclic amines) is 1. The Bertz CT molecular complexity index is 1000. The van der Waals surface area contributed by atoms with Gasteiger partial charge in [-0.05, 0) is 54.9 Å². The second-order valence-corrected chi connectivity index (χ2v) is 10.4. The minimum absolute atomic E-state index is 0.0569. The lowest BCUT2D eigenvalue weighted by molar-refractivity contribution is 0.0520. The predicted octanol–water partition coefficient (Wildman–Crippen LogP) is 4.13. The van der Waals surface area contributed by atoms with Crippen LogP contribution >= 0.6 is 0 Å². The number of rotatable bonds is 5. The monoisotopic (exact) mass is 426 g/mol. The maximum atomic E-state index is 13.2. The molecule has 6 heteroatoms. The summed E-state index contributed by atoms with van der Waals surface area (Å²) in [6.07, 6.45) is 6.11. The highest BCUT2D eigenvalue weighted by atomic mass is 32.2. The summed E-state index contributed by atoms with van der Waals surface area (Å²) in [7, 11) is -3.72. The van der Waals surface area contributed by atoms with E-state index >= 15 is 0 Å². The first-order valence-electron chi connectivity index (χ1n) is 10.9. The molecule has 2 aromatic rings. The Morgan fingerprint density at radius 2 is 1.77 bits per heavy atom. The van der Waals surface area contributed by atoms with E-state index in [0.29, 0.717) is 17.0 Å². The minimum Gasteiger partial charge on any atom is -0.338 e. The molecule has 2 aromatic carbocycles. The Morgan fingerprint density at radius 3 is 2.53 bits per heavy atom. The van der Waals surface area contributed by atoms with Crippen molar-refractivity contribution in [2.75, 3.05) is 13.1 Å². The lowest BCUT2D eigenvalue weighted by Gasteiger charge is -2.41. The molecule has 2 fully saturated rings. The maximum absolute atomic E-state index is 13.2. The fourth-order valence-corrected chi connectivity index (χ4v) is 6.13. The second kappa shape index (κ2) is 8.90. The number of piperidine rings is 1. The molecular formula is C24H30N2O3S. The fraction of sp³-hybridized carbons (Fsp3) is 0.458. The van der Waals surface area contributed by atoms with Crippen molar-refractivity contribution >= 4 is 15.9 Å². The number of nitrogens with one attached hydrogen (secondary N) is 1. The van der Waals surface area contributed by atoms with Crippen molar-refractivity contribution in [1.29, 1.82) is 0 Å². The number of amides is 1. The number of carbonyl (C=O) groups excluding carboxylic acids is 1. The first-order valence-corrected chi connectivity index (χ1v) is 12.4. The van der Waals surface area contributed by atoms with Gasteiger partial charge in [-0.2, -0.15) is 0 Å². The first-order chi connectivity index (χ1) is 14.4. The molecule has 1 saturated carbocycles. The fourth-order valence-electron chi connectivity index (χ4n) is 4.84. The van der Waals surface area contributed by atoms with Crippen LogP contribution < -0.4 is 4.72 Å². The third kappa shape index (κ3) is 4.60. The van der Waals surface area contributed by atoms with Crippen LogP contribution in [0.15, 0.2) is 53.4 Å². The summed E-state index contributed by atoms with van der Waals surface area (Å²) in [6.45, 7) is 3.54. The molecule has 1 N–H and O–H groups in total. The molecular weight excluding hydrogens is 396 g/mol. The van der Waals surface area contributed by atoms with Crippen LogP contribution in [0.1, 0.15) is 53.6 Å². The maximum Gasteiger partial charge on any atom is 0.253 e. The molecule has 30 heavy (non-hydrogen) atoms. The predicted molar refractivity (Wildman–Crippen MR) is 118 cm³/mol. The second-order valence-electron chi connectivity index (χ2n) is 8.63. The summed E-state index contributed by atoms with van der Waals surface area (Å²) in [5.41, 5.74) is 1.98. The van der Waals surface area contributed by atoms with Gasteiger partial charge in [0.2, 0.25) is 10.0 Å². The molecule has 2 atom stereocenters. The largest absolute Gasteiger partial charge is 0.338 e. The topological polar surface area (TPSA) is 66.5 Å². The van der Waals surface area contributed by atoms with Crippen molar-refractivity contribution in [2.24, 2.45) is 11.8 Å². The molecule has 2 aliphatic rings. The smallest absolute Gasteiger partial charge is 0.253 e. The van der Waals surface area contributed by atoms with Crippen LogP contribution in [0.2, 0.25) is 0 Å². The van der Waals surface area contributed by atoms with Gasteiger partial charge in [-0.3, -0.25) is 4.79 Å². The molecule has 4 rings (SSSR count). The van der Waals surface area contributed by atoms with Crippen LogP contribution in [-0.2, 0) is 16.6 Å². The SMILES string of the molecule is Cc1ccc(C(=O)N2CC[C@@H]3CCCC[C@H]3C2)cc1S(=O)(=O)NCc1ccccc1. The number of carbonyl (C=O) groups is 1. The van der Waals surface area contributed by atoms with Crippen molar-refractivity contribution in [3.8, 4) is 0 Å². The normalized spacial score (nSPS) is 21.8. The van der Waals surface area contributed by atoms with Crippen molar-refractivity contribution in [2.45, 2.75) is 50.5 Å². The van der Waals surface area contributed by atoms with Crippen LogP contribution in [0, 0.1) is 18.8 Å². The van der Waals surface area contributed by atoms with Gasteiger partial charge in [-0.15, -0.1) is 0 Å². The Morgan fingerprint density at radius 1 is 1.03 bits per heavy atom. The molecule has 0 aromatic heterocycles. The Labute approximate surface area is 179 Å². The van der Waals surface area contributed by atoms with E-state index in [1.54, 1.807) is 19.1 Å². The van der Waals surface area contributed by atoms with Gasteiger partial charge in [-0.25, -0.2) is 13.1 Å². The number of benzene rings is 2. The number of hydrogen-bond donors (Lipinski definition) is 1. The standard InChI is InChI=1S/C24H30N2O3S/c1-18-11-12-21(24(27)26-14-13-20-9-5-6-10-22(20)17-26)15-23(18)30(28,29)25-16-19-7-3-2-4-8-19/h2-4,7-8,11-12,15,20,22,25H,5-6,9-10,13-14,16-17H2,1H3/t20-,22-/m0/s1. The van der Waals surface area contributed by atoms with Crippen LogP contribution in [-0.4, -0.2) is 32.3 Å². The molecule has 1 aliphatic heterocycles. The Balaban J connectivity index is 1.50. The van der Waals surface area contributed by atoms with Crippen molar-refractivity contribution < 1.29 is 13.2 Å². The quantitative estimate of drug-likeness (QED) is 0.782. The molecule has 160 valence electrons. The van der Waals surface area contributed by atoms with Crippen LogP contribution in [0.3, 0.4) is 0 Å². The molecule has 1 aliphatic carbocycles. The molecule has 0 bridgehead atoms. The number of fused-ring (bicyclic) bond motifs is 1. The van der Waals surface area contributed by atoms with Gasteiger partial charge in [0.05, 0.1) is 4.90 Å². The summed E-state index contributed by atoms with van der Waals surface area (Å²) in [5.74, 6) is 1.29.